The fourth-order valence-electron chi connectivity index (χ4n) is 1.55. The van der Waals surface area contributed by atoms with Gasteiger partial charge in [-0.2, -0.15) is 0 Å². The van der Waals surface area contributed by atoms with Crippen molar-refractivity contribution in [3.8, 4) is 0 Å². The van der Waals surface area contributed by atoms with Gasteiger partial charge >= 0.3 is 0 Å². The molecule has 3 heteroatoms. The van der Waals surface area contributed by atoms with Crippen LogP contribution < -0.4 is 5.32 Å². The molecule has 0 aliphatic carbocycles. The van der Waals surface area contributed by atoms with Crippen LogP contribution in [0.3, 0.4) is 0 Å². The summed E-state index contributed by atoms with van der Waals surface area (Å²) in [5.74, 6) is -0.342. The third-order valence-electron chi connectivity index (χ3n) is 2.40. The monoisotopic (exact) mass is 229 g/mol. The molecule has 1 aromatic rings. The fourth-order valence-corrected chi connectivity index (χ4v) is 1.66. The molecule has 1 rings (SSSR count). The summed E-state index contributed by atoms with van der Waals surface area (Å²) in [6.45, 7) is 5.14. The van der Waals surface area contributed by atoms with Crippen molar-refractivity contribution in [2.24, 2.45) is 0 Å². The highest BCUT2D eigenvalue weighted by Gasteiger charge is 2.10. The molecule has 1 unspecified atom stereocenters. The van der Waals surface area contributed by atoms with Crippen molar-refractivity contribution in [1.82, 2.24) is 5.32 Å². The molecular weight excluding hydrogens is 213 g/mol. The van der Waals surface area contributed by atoms with Gasteiger partial charge in [-0.15, -0.1) is 0 Å². The van der Waals surface area contributed by atoms with Gasteiger partial charge in [-0.25, -0.2) is 4.39 Å². The molecule has 84 valence electrons. The molecule has 0 aliphatic rings. The van der Waals surface area contributed by atoms with Crippen LogP contribution in [0.4, 0.5) is 4.39 Å². The van der Waals surface area contributed by atoms with E-state index in [1.807, 2.05) is 6.07 Å². The number of benzene rings is 1. The molecule has 0 bridgehead atoms. The molecular formula is C12H17ClFN. The standard InChI is InChI=1S/C12H17ClFN/c1-3-7-15-12(4-2)9-5-6-10(13)11(14)8-9/h5-6,8,12,15H,3-4,7H2,1-2H3. The first kappa shape index (κ1) is 12.5. The van der Waals surface area contributed by atoms with E-state index in [0.717, 1.165) is 24.9 Å². The molecule has 0 heterocycles. The van der Waals surface area contributed by atoms with E-state index in [4.69, 9.17) is 11.6 Å². The lowest BCUT2D eigenvalue weighted by Gasteiger charge is -2.17. The first-order chi connectivity index (χ1) is 7.19. The quantitative estimate of drug-likeness (QED) is 0.807. The predicted molar refractivity (Wildman–Crippen MR) is 62.7 cm³/mol. The molecule has 0 aromatic heterocycles. The van der Waals surface area contributed by atoms with E-state index >= 15 is 0 Å². The van der Waals surface area contributed by atoms with Gasteiger partial charge in [-0.3, -0.25) is 0 Å². The van der Waals surface area contributed by atoms with Gasteiger partial charge in [0.15, 0.2) is 0 Å². The Balaban J connectivity index is 2.78. The maximum Gasteiger partial charge on any atom is 0.142 e. The second-order valence-corrected chi connectivity index (χ2v) is 4.00. The summed E-state index contributed by atoms with van der Waals surface area (Å²) in [4.78, 5) is 0. The summed E-state index contributed by atoms with van der Waals surface area (Å²) in [5, 5.41) is 3.56. The SMILES string of the molecule is CCCNC(CC)c1ccc(Cl)c(F)c1. The average molecular weight is 230 g/mol. The van der Waals surface area contributed by atoms with E-state index in [1.54, 1.807) is 6.07 Å². The van der Waals surface area contributed by atoms with E-state index < -0.39 is 0 Å². The zero-order valence-corrected chi connectivity index (χ0v) is 9.94. The Labute approximate surface area is 95.6 Å². The summed E-state index contributed by atoms with van der Waals surface area (Å²) in [6, 6.07) is 5.22. The van der Waals surface area contributed by atoms with Crippen molar-refractivity contribution in [2.75, 3.05) is 6.54 Å². The minimum atomic E-state index is -0.342. The lowest BCUT2D eigenvalue weighted by Crippen LogP contribution is -2.21. The van der Waals surface area contributed by atoms with Gasteiger partial charge in [0.1, 0.15) is 5.82 Å². The maximum atomic E-state index is 13.2. The van der Waals surface area contributed by atoms with Crippen LogP contribution in [-0.4, -0.2) is 6.54 Å². The van der Waals surface area contributed by atoms with E-state index in [-0.39, 0.29) is 16.9 Å². The number of halogens is 2. The Kier molecular flexibility index (Phi) is 5.06. The predicted octanol–water partition coefficient (Wildman–Crippen LogP) is 3.93. The van der Waals surface area contributed by atoms with Crippen LogP contribution in [0.2, 0.25) is 5.02 Å². The van der Waals surface area contributed by atoms with Crippen LogP contribution in [0.15, 0.2) is 18.2 Å². The number of hydrogen-bond acceptors (Lipinski definition) is 1. The van der Waals surface area contributed by atoms with Crippen LogP contribution in [-0.2, 0) is 0 Å². The van der Waals surface area contributed by atoms with E-state index in [1.165, 1.54) is 6.07 Å². The van der Waals surface area contributed by atoms with Gasteiger partial charge in [0.25, 0.3) is 0 Å². The zero-order valence-electron chi connectivity index (χ0n) is 9.19. The van der Waals surface area contributed by atoms with Crippen LogP contribution in [0, 0.1) is 5.82 Å². The Hall–Kier alpha value is -0.600. The van der Waals surface area contributed by atoms with Crippen molar-refractivity contribution in [2.45, 2.75) is 32.7 Å². The Morgan fingerprint density at radius 1 is 1.40 bits per heavy atom. The molecule has 1 nitrogen and oxygen atoms in total. The third-order valence-corrected chi connectivity index (χ3v) is 2.70. The summed E-state index contributed by atoms with van der Waals surface area (Å²) >= 11 is 5.64. The van der Waals surface area contributed by atoms with Crippen LogP contribution in [0.1, 0.15) is 38.3 Å². The van der Waals surface area contributed by atoms with Gasteiger partial charge in [0.2, 0.25) is 0 Å². The van der Waals surface area contributed by atoms with Gasteiger partial charge < -0.3 is 5.32 Å². The summed E-state index contributed by atoms with van der Waals surface area (Å²) < 4.78 is 13.2. The van der Waals surface area contributed by atoms with Crippen molar-refractivity contribution in [3.05, 3.63) is 34.6 Å². The fraction of sp³-hybridized carbons (Fsp3) is 0.500. The van der Waals surface area contributed by atoms with Crippen molar-refractivity contribution < 1.29 is 4.39 Å². The molecule has 0 spiro atoms. The lowest BCUT2D eigenvalue weighted by atomic mass is 10.0. The highest BCUT2D eigenvalue weighted by atomic mass is 35.5. The van der Waals surface area contributed by atoms with E-state index in [9.17, 15) is 4.39 Å². The van der Waals surface area contributed by atoms with Crippen LogP contribution >= 0.6 is 11.6 Å². The normalized spacial score (nSPS) is 12.8. The highest BCUT2D eigenvalue weighted by Crippen LogP contribution is 2.22. The molecule has 15 heavy (non-hydrogen) atoms. The molecule has 0 aliphatic heterocycles. The molecule has 0 saturated heterocycles. The van der Waals surface area contributed by atoms with E-state index in [2.05, 4.69) is 19.2 Å². The Morgan fingerprint density at radius 3 is 2.67 bits per heavy atom. The number of rotatable bonds is 5. The molecule has 0 amide bonds. The minimum absolute atomic E-state index is 0.184. The van der Waals surface area contributed by atoms with Gasteiger partial charge in [0, 0.05) is 6.04 Å². The summed E-state index contributed by atoms with van der Waals surface area (Å²) in [7, 11) is 0. The molecule has 1 N–H and O–H groups in total. The first-order valence-corrected chi connectivity index (χ1v) is 5.75. The summed E-state index contributed by atoms with van der Waals surface area (Å²) in [5.41, 5.74) is 0.966. The minimum Gasteiger partial charge on any atom is -0.310 e. The third kappa shape index (κ3) is 3.47. The van der Waals surface area contributed by atoms with Crippen molar-refractivity contribution >= 4 is 11.6 Å². The molecule has 0 radical (unpaired) electrons. The second kappa shape index (κ2) is 6.09. The summed E-state index contributed by atoms with van der Waals surface area (Å²) in [6.07, 6.45) is 2.02. The molecule has 0 fully saturated rings. The zero-order chi connectivity index (χ0) is 11.3. The molecule has 1 atom stereocenters. The maximum absolute atomic E-state index is 13.2. The molecule has 0 saturated carbocycles. The van der Waals surface area contributed by atoms with E-state index in [0.29, 0.717) is 0 Å². The van der Waals surface area contributed by atoms with Crippen LogP contribution in [0.5, 0.6) is 0 Å². The molecule has 1 aromatic carbocycles. The van der Waals surface area contributed by atoms with Gasteiger partial charge in [0.05, 0.1) is 5.02 Å². The highest BCUT2D eigenvalue weighted by molar-refractivity contribution is 6.30. The van der Waals surface area contributed by atoms with Crippen LogP contribution in [0.25, 0.3) is 0 Å². The lowest BCUT2D eigenvalue weighted by molar-refractivity contribution is 0.514. The number of hydrogen-bond donors (Lipinski definition) is 1. The largest absolute Gasteiger partial charge is 0.310 e. The topological polar surface area (TPSA) is 12.0 Å². The number of nitrogens with one attached hydrogen (secondary N) is 1. The van der Waals surface area contributed by atoms with Crippen molar-refractivity contribution in [3.63, 3.8) is 0 Å². The van der Waals surface area contributed by atoms with Gasteiger partial charge in [-0.1, -0.05) is 31.5 Å². The second-order valence-electron chi connectivity index (χ2n) is 3.59. The Bertz CT molecular complexity index is 314. The van der Waals surface area contributed by atoms with Crippen molar-refractivity contribution in [1.29, 1.82) is 0 Å². The first-order valence-electron chi connectivity index (χ1n) is 5.37. The smallest absolute Gasteiger partial charge is 0.142 e. The average Bonchev–Trinajstić information content (AvgIpc) is 2.24. The van der Waals surface area contributed by atoms with Gasteiger partial charge in [-0.05, 0) is 37.1 Å². The Morgan fingerprint density at radius 2 is 2.13 bits per heavy atom.